The van der Waals surface area contributed by atoms with Crippen molar-refractivity contribution in [1.82, 2.24) is 5.32 Å². The maximum Gasteiger partial charge on any atom is 0.258 e. The number of aryl methyl sites for hydroxylation is 1. The van der Waals surface area contributed by atoms with Crippen LogP contribution < -0.4 is 15.0 Å². The molecule has 0 radical (unpaired) electrons. The van der Waals surface area contributed by atoms with Gasteiger partial charge in [0.2, 0.25) is 5.91 Å². The number of benzene rings is 2. The van der Waals surface area contributed by atoms with Crippen molar-refractivity contribution in [3.8, 4) is 5.75 Å². The Hall–Kier alpha value is -2.89. The van der Waals surface area contributed by atoms with Crippen molar-refractivity contribution in [2.24, 2.45) is 0 Å². The number of hydrogen-bond donors (Lipinski definition) is 1. The molecule has 2 amide bonds. The minimum Gasteiger partial charge on any atom is -0.484 e. The topological polar surface area (TPSA) is 58.6 Å². The number of nitrogens with zero attached hydrogens (tertiary/aromatic N) is 1. The summed E-state index contributed by atoms with van der Waals surface area (Å²) in [6, 6.07) is 13.0. The van der Waals surface area contributed by atoms with E-state index in [1.165, 1.54) is 17.0 Å². The van der Waals surface area contributed by atoms with Crippen molar-refractivity contribution in [2.45, 2.75) is 19.4 Å². The average molecular weight is 342 g/mol. The van der Waals surface area contributed by atoms with Crippen LogP contribution in [-0.4, -0.2) is 31.0 Å². The highest BCUT2D eigenvalue weighted by atomic mass is 19.1. The van der Waals surface area contributed by atoms with Crippen molar-refractivity contribution in [2.75, 3.05) is 18.1 Å². The molecule has 1 aliphatic heterocycles. The molecule has 2 aromatic carbocycles. The minimum absolute atomic E-state index is 0.117. The zero-order valence-electron chi connectivity index (χ0n) is 13.9. The van der Waals surface area contributed by atoms with E-state index in [4.69, 9.17) is 4.74 Å². The van der Waals surface area contributed by atoms with Gasteiger partial charge >= 0.3 is 0 Å². The van der Waals surface area contributed by atoms with Gasteiger partial charge in [-0.25, -0.2) is 4.39 Å². The predicted molar refractivity (Wildman–Crippen MR) is 92.0 cm³/mol. The molecule has 1 saturated heterocycles. The summed E-state index contributed by atoms with van der Waals surface area (Å²) in [5.41, 5.74) is 1.54. The van der Waals surface area contributed by atoms with Crippen molar-refractivity contribution in [1.29, 1.82) is 0 Å². The van der Waals surface area contributed by atoms with Crippen molar-refractivity contribution >= 4 is 17.5 Å². The van der Waals surface area contributed by atoms with Crippen LogP contribution in [0.5, 0.6) is 5.75 Å². The first kappa shape index (κ1) is 17.0. The molecule has 1 N–H and O–H groups in total. The Morgan fingerprint density at radius 1 is 1.28 bits per heavy atom. The zero-order valence-corrected chi connectivity index (χ0v) is 13.9. The van der Waals surface area contributed by atoms with Gasteiger partial charge in [0.15, 0.2) is 6.61 Å². The number of anilines is 1. The fourth-order valence-electron chi connectivity index (χ4n) is 2.82. The van der Waals surface area contributed by atoms with Crippen LogP contribution in [0.4, 0.5) is 10.1 Å². The Bertz CT molecular complexity index is 794. The van der Waals surface area contributed by atoms with Gasteiger partial charge in [0, 0.05) is 18.7 Å². The maximum absolute atomic E-state index is 13.3. The molecule has 0 spiro atoms. The van der Waals surface area contributed by atoms with Crippen molar-refractivity contribution < 1.29 is 18.7 Å². The molecule has 0 unspecified atom stereocenters. The highest BCUT2D eigenvalue weighted by molar-refractivity contribution is 5.96. The summed E-state index contributed by atoms with van der Waals surface area (Å²) in [4.78, 5) is 25.6. The molecule has 1 heterocycles. The second kappa shape index (κ2) is 7.34. The van der Waals surface area contributed by atoms with E-state index in [1.54, 1.807) is 18.2 Å². The van der Waals surface area contributed by atoms with Gasteiger partial charge < -0.3 is 15.0 Å². The Balaban J connectivity index is 1.53. The normalized spacial score (nSPS) is 16.8. The van der Waals surface area contributed by atoms with E-state index in [9.17, 15) is 14.0 Å². The summed E-state index contributed by atoms with van der Waals surface area (Å²) in [5, 5.41) is 2.79. The number of carbonyl (C=O) groups excluding carboxylic acids is 2. The number of ether oxygens (including phenoxy) is 1. The Kier molecular flexibility index (Phi) is 4.97. The van der Waals surface area contributed by atoms with Gasteiger partial charge in [-0.1, -0.05) is 18.2 Å². The van der Waals surface area contributed by atoms with Crippen LogP contribution >= 0.6 is 0 Å². The van der Waals surface area contributed by atoms with Gasteiger partial charge in [0.25, 0.3) is 5.91 Å². The Labute approximate surface area is 145 Å². The molecule has 1 fully saturated rings. The molecule has 5 nitrogen and oxygen atoms in total. The molecule has 2 aromatic rings. The third kappa shape index (κ3) is 4.35. The summed E-state index contributed by atoms with van der Waals surface area (Å²) >= 11 is 0. The molecular formula is C19H19FN2O3. The predicted octanol–water partition coefficient (Wildman–Crippen LogP) is 2.43. The van der Waals surface area contributed by atoms with Gasteiger partial charge in [-0.05, 0) is 42.8 Å². The van der Waals surface area contributed by atoms with E-state index in [2.05, 4.69) is 5.32 Å². The summed E-state index contributed by atoms with van der Waals surface area (Å²) in [6.45, 7) is 2.14. The number of rotatable bonds is 5. The number of hydrogen-bond acceptors (Lipinski definition) is 3. The van der Waals surface area contributed by atoms with Crippen molar-refractivity contribution in [3.63, 3.8) is 0 Å². The fourth-order valence-corrected chi connectivity index (χ4v) is 2.82. The van der Waals surface area contributed by atoms with Crippen LogP contribution in [0.2, 0.25) is 0 Å². The van der Waals surface area contributed by atoms with E-state index in [1.807, 2.05) is 25.1 Å². The Morgan fingerprint density at radius 2 is 2.08 bits per heavy atom. The average Bonchev–Trinajstić information content (AvgIpc) is 2.93. The van der Waals surface area contributed by atoms with E-state index >= 15 is 0 Å². The standard InChI is InChI=1S/C19H19FN2O3/c1-13-4-2-7-17(8-13)25-12-18(23)21-15-10-19(24)22(11-15)16-6-3-5-14(20)9-16/h2-9,15H,10-12H2,1H3,(H,21,23)/t15-/m0/s1. The van der Waals surface area contributed by atoms with Gasteiger partial charge in [-0.3, -0.25) is 9.59 Å². The van der Waals surface area contributed by atoms with Crippen molar-refractivity contribution in [3.05, 3.63) is 59.9 Å². The van der Waals surface area contributed by atoms with Gasteiger partial charge in [0.05, 0.1) is 6.04 Å². The monoisotopic (exact) mass is 342 g/mol. The lowest BCUT2D eigenvalue weighted by atomic mass is 10.2. The van der Waals surface area contributed by atoms with E-state index in [0.717, 1.165) is 5.56 Å². The first-order valence-corrected chi connectivity index (χ1v) is 8.06. The number of carbonyl (C=O) groups is 2. The maximum atomic E-state index is 13.3. The second-order valence-electron chi connectivity index (χ2n) is 6.06. The van der Waals surface area contributed by atoms with Crippen LogP contribution in [0, 0.1) is 12.7 Å². The van der Waals surface area contributed by atoms with Gasteiger partial charge in [-0.2, -0.15) is 0 Å². The van der Waals surface area contributed by atoms with Crippen LogP contribution in [0.15, 0.2) is 48.5 Å². The lowest BCUT2D eigenvalue weighted by Crippen LogP contribution is -2.39. The first-order valence-electron chi connectivity index (χ1n) is 8.06. The number of nitrogens with one attached hydrogen (secondary N) is 1. The van der Waals surface area contributed by atoms with E-state index in [-0.39, 0.29) is 30.9 Å². The third-order valence-corrected chi connectivity index (χ3v) is 3.97. The SMILES string of the molecule is Cc1cccc(OCC(=O)N[C@H]2CC(=O)N(c3cccc(F)c3)C2)c1. The minimum atomic E-state index is -0.399. The van der Waals surface area contributed by atoms with Crippen LogP contribution in [-0.2, 0) is 9.59 Å². The molecule has 0 aromatic heterocycles. The molecule has 1 atom stereocenters. The first-order chi connectivity index (χ1) is 12.0. The lowest BCUT2D eigenvalue weighted by molar-refractivity contribution is -0.123. The van der Waals surface area contributed by atoms with Crippen LogP contribution in [0.1, 0.15) is 12.0 Å². The molecule has 130 valence electrons. The molecule has 3 rings (SSSR count). The molecule has 6 heteroatoms. The fraction of sp³-hybridized carbons (Fsp3) is 0.263. The molecular weight excluding hydrogens is 323 g/mol. The lowest BCUT2D eigenvalue weighted by Gasteiger charge is -2.17. The summed E-state index contributed by atoms with van der Waals surface area (Å²) in [7, 11) is 0. The van der Waals surface area contributed by atoms with Gasteiger partial charge in [0.1, 0.15) is 11.6 Å². The summed E-state index contributed by atoms with van der Waals surface area (Å²) < 4.78 is 18.8. The third-order valence-electron chi connectivity index (χ3n) is 3.97. The smallest absolute Gasteiger partial charge is 0.258 e. The number of amides is 2. The highest BCUT2D eigenvalue weighted by Gasteiger charge is 2.31. The second-order valence-corrected chi connectivity index (χ2v) is 6.06. The zero-order chi connectivity index (χ0) is 17.8. The molecule has 25 heavy (non-hydrogen) atoms. The highest BCUT2D eigenvalue weighted by Crippen LogP contribution is 2.22. The largest absolute Gasteiger partial charge is 0.484 e. The number of halogens is 1. The Morgan fingerprint density at radius 3 is 2.84 bits per heavy atom. The summed E-state index contributed by atoms with van der Waals surface area (Å²) in [6.07, 6.45) is 0.187. The quantitative estimate of drug-likeness (QED) is 0.908. The van der Waals surface area contributed by atoms with E-state index < -0.39 is 5.82 Å². The molecule has 1 aliphatic rings. The summed E-state index contributed by atoms with van der Waals surface area (Å²) in [5.74, 6) is -0.209. The molecule has 0 aliphatic carbocycles. The van der Waals surface area contributed by atoms with Gasteiger partial charge in [-0.15, -0.1) is 0 Å². The molecule has 0 saturated carbocycles. The van der Waals surface area contributed by atoms with Crippen LogP contribution in [0.25, 0.3) is 0 Å². The van der Waals surface area contributed by atoms with E-state index in [0.29, 0.717) is 18.0 Å². The van der Waals surface area contributed by atoms with Crippen LogP contribution in [0.3, 0.4) is 0 Å². The molecule has 0 bridgehead atoms.